The van der Waals surface area contributed by atoms with Crippen molar-refractivity contribution in [1.82, 2.24) is 14.5 Å². The zero-order valence-corrected chi connectivity index (χ0v) is 23.3. The quantitative estimate of drug-likeness (QED) is 0.204. The van der Waals surface area contributed by atoms with Gasteiger partial charge in [0.15, 0.2) is 0 Å². The van der Waals surface area contributed by atoms with E-state index in [1.165, 1.54) is 41.9 Å². The average molecular weight is 554 g/mol. The first-order valence-corrected chi connectivity index (χ1v) is 14.9. The fourth-order valence-electron chi connectivity index (χ4n) is 6.34. The first-order chi connectivity index (χ1) is 20.8. The number of nitrogens with zero attached hydrogens (tertiary/aromatic N) is 3. The number of aromatic nitrogens is 3. The van der Waals surface area contributed by atoms with Crippen molar-refractivity contribution in [1.29, 1.82) is 0 Å². The van der Waals surface area contributed by atoms with Crippen LogP contribution >= 0.6 is 11.3 Å². The largest absolute Gasteiger partial charge is 0.292 e. The Balaban J connectivity index is 1.35. The van der Waals surface area contributed by atoms with Crippen LogP contribution in [0.15, 0.2) is 140 Å². The Morgan fingerprint density at radius 3 is 2.05 bits per heavy atom. The molecule has 0 atom stereocenters. The van der Waals surface area contributed by atoms with Crippen LogP contribution in [-0.2, 0) is 0 Å². The van der Waals surface area contributed by atoms with E-state index in [1.54, 1.807) is 11.3 Å². The molecule has 9 rings (SSSR count). The van der Waals surface area contributed by atoms with Gasteiger partial charge in [0.2, 0.25) is 0 Å². The average Bonchev–Trinajstić information content (AvgIpc) is 3.65. The third-order valence-corrected chi connectivity index (χ3v) is 9.35. The van der Waals surface area contributed by atoms with E-state index in [0.717, 1.165) is 39.2 Å². The standard InChI is InChI=1S/C38H23N3S/c1-2-10-24(11-3-1)38-40-36-30-16-6-4-14-28(30)29-15-5-7-17-31(29)37(36)41(38)27-13-8-12-25(22-27)26-19-20-33-32(23-26)35-34(42-33)18-9-21-39-35/h1-23H. The smallest absolute Gasteiger partial charge is 0.145 e. The van der Waals surface area contributed by atoms with Crippen molar-refractivity contribution < 1.29 is 0 Å². The molecule has 0 saturated heterocycles. The maximum Gasteiger partial charge on any atom is 0.145 e. The van der Waals surface area contributed by atoms with Crippen LogP contribution in [0.3, 0.4) is 0 Å². The molecule has 6 aromatic carbocycles. The Morgan fingerprint density at radius 1 is 0.476 bits per heavy atom. The SMILES string of the molecule is c1ccc(-c2nc3c4ccccc4c4ccccc4c3n2-c2cccc(-c3ccc4sc5cccnc5c4c3)c2)cc1. The van der Waals surface area contributed by atoms with Crippen molar-refractivity contribution in [2.24, 2.45) is 0 Å². The zero-order chi connectivity index (χ0) is 27.6. The van der Waals surface area contributed by atoms with Crippen molar-refractivity contribution in [2.75, 3.05) is 0 Å². The lowest BCUT2D eigenvalue weighted by Gasteiger charge is -2.14. The van der Waals surface area contributed by atoms with E-state index in [2.05, 4.69) is 132 Å². The first-order valence-electron chi connectivity index (χ1n) is 14.1. The number of imidazole rings is 1. The highest BCUT2D eigenvalue weighted by Gasteiger charge is 2.20. The third-order valence-electron chi connectivity index (χ3n) is 8.23. The van der Waals surface area contributed by atoms with E-state index in [4.69, 9.17) is 9.97 Å². The molecule has 196 valence electrons. The first kappa shape index (κ1) is 23.4. The van der Waals surface area contributed by atoms with E-state index in [1.807, 2.05) is 12.3 Å². The van der Waals surface area contributed by atoms with Gasteiger partial charge in [-0.25, -0.2) is 4.98 Å². The molecule has 9 aromatic rings. The maximum atomic E-state index is 5.36. The van der Waals surface area contributed by atoms with Gasteiger partial charge in [-0.2, -0.15) is 0 Å². The summed E-state index contributed by atoms with van der Waals surface area (Å²) in [5, 5.41) is 6.03. The van der Waals surface area contributed by atoms with Gasteiger partial charge in [-0.3, -0.25) is 9.55 Å². The Bertz CT molecular complexity index is 2470. The molecule has 0 fully saturated rings. The number of hydrogen-bond acceptors (Lipinski definition) is 3. The topological polar surface area (TPSA) is 30.7 Å². The van der Waals surface area contributed by atoms with Gasteiger partial charge in [0, 0.05) is 38.3 Å². The molecule has 0 unspecified atom stereocenters. The van der Waals surface area contributed by atoms with Crippen molar-refractivity contribution in [2.45, 2.75) is 0 Å². The minimum absolute atomic E-state index is 0.938. The zero-order valence-electron chi connectivity index (χ0n) is 22.5. The summed E-state index contributed by atoms with van der Waals surface area (Å²) < 4.78 is 4.83. The highest BCUT2D eigenvalue weighted by Crippen LogP contribution is 2.40. The minimum Gasteiger partial charge on any atom is -0.292 e. The molecule has 0 aliphatic rings. The maximum absolute atomic E-state index is 5.36. The molecular weight excluding hydrogens is 531 g/mol. The summed E-state index contributed by atoms with van der Waals surface area (Å²) in [5.41, 5.74) is 7.73. The second kappa shape index (κ2) is 9.10. The molecule has 3 nitrogen and oxygen atoms in total. The number of benzene rings is 6. The molecular formula is C38H23N3S. The Kier molecular flexibility index (Phi) is 5.07. The van der Waals surface area contributed by atoms with Crippen LogP contribution in [0, 0.1) is 0 Å². The van der Waals surface area contributed by atoms with Crippen molar-refractivity contribution in [3.8, 4) is 28.2 Å². The van der Waals surface area contributed by atoms with Gasteiger partial charge in [0.1, 0.15) is 5.82 Å². The molecule has 0 aliphatic heterocycles. The van der Waals surface area contributed by atoms with Crippen LogP contribution in [0.5, 0.6) is 0 Å². The number of fused-ring (bicyclic) bond motifs is 9. The second-order valence-corrected chi connectivity index (χ2v) is 11.7. The molecule has 3 heterocycles. The van der Waals surface area contributed by atoms with Crippen LogP contribution in [0.25, 0.3) is 81.1 Å². The second-order valence-electron chi connectivity index (χ2n) is 10.6. The van der Waals surface area contributed by atoms with E-state index < -0.39 is 0 Å². The Labute approximate surface area is 246 Å². The lowest BCUT2D eigenvalue weighted by Crippen LogP contribution is -1.98. The molecule has 0 bridgehead atoms. The minimum atomic E-state index is 0.938. The molecule has 0 aliphatic carbocycles. The Hall–Kier alpha value is -5.32. The van der Waals surface area contributed by atoms with E-state index >= 15 is 0 Å². The fourth-order valence-corrected chi connectivity index (χ4v) is 7.38. The van der Waals surface area contributed by atoms with Crippen molar-refractivity contribution >= 4 is 64.2 Å². The summed E-state index contributed by atoms with van der Waals surface area (Å²) in [4.78, 5) is 10.1. The van der Waals surface area contributed by atoms with Crippen LogP contribution in [0.4, 0.5) is 0 Å². The van der Waals surface area contributed by atoms with Gasteiger partial charge in [-0.1, -0.05) is 97.1 Å². The summed E-state index contributed by atoms with van der Waals surface area (Å²) in [6.45, 7) is 0. The van der Waals surface area contributed by atoms with Crippen LogP contribution in [0.2, 0.25) is 0 Å². The normalized spacial score (nSPS) is 11.8. The number of thiophene rings is 1. The van der Waals surface area contributed by atoms with E-state index in [9.17, 15) is 0 Å². The van der Waals surface area contributed by atoms with Crippen LogP contribution in [0.1, 0.15) is 0 Å². The van der Waals surface area contributed by atoms with Crippen molar-refractivity contribution in [3.05, 3.63) is 140 Å². The highest BCUT2D eigenvalue weighted by atomic mass is 32.1. The lowest BCUT2D eigenvalue weighted by molar-refractivity contribution is 1.11. The molecule has 42 heavy (non-hydrogen) atoms. The molecule has 0 amide bonds. The van der Waals surface area contributed by atoms with Gasteiger partial charge in [0.05, 0.1) is 21.3 Å². The molecule has 3 aromatic heterocycles. The van der Waals surface area contributed by atoms with Gasteiger partial charge < -0.3 is 0 Å². The lowest BCUT2D eigenvalue weighted by atomic mass is 9.99. The van der Waals surface area contributed by atoms with Crippen LogP contribution in [-0.4, -0.2) is 14.5 Å². The van der Waals surface area contributed by atoms with Crippen molar-refractivity contribution in [3.63, 3.8) is 0 Å². The number of rotatable bonds is 3. The summed E-state index contributed by atoms with van der Waals surface area (Å²) in [6, 6.07) is 47.6. The summed E-state index contributed by atoms with van der Waals surface area (Å²) in [7, 11) is 0. The van der Waals surface area contributed by atoms with Crippen LogP contribution < -0.4 is 0 Å². The Morgan fingerprint density at radius 2 is 1.19 bits per heavy atom. The monoisotopic (exact) mass is 553 g/mol. The van der Waals surface area contributed by atoms with Gasteiger partial charge in [-0.15, -0.1) is 11.3 Å². The van der Waals surface area contributed by atoms with E-state index in [-0.39, 0.29) is 0 Å². The predicted octanol–water partition coefficient (Wildman–Crippen LogP) is 10.4. The summed E-state index contributed by atoms with van der Waals surface area (Å²) in [5.74, 6) is 0.938. The molecule has 4 heteroatoms. The summed E-state index contributed by atoms with van der Waals surface area (Å²) in [6.07, 6.45) is 1.88. The van der Waals surface area contributed by atoms with Gasteiger partial charge in [-0.05, 0) is 58.3 Å². The molecule has 0 radical (unpaired) electrons. The fraction of sp³-hybridized carbons (Fsp3) is 0. The number of pyridine rings is 1. The van der Waals surface area contributed by atoms with E-state index in [0.29, 0.717) is 0 Å². The third kappa shape index (κ3) is 3.46. The highest BCUT2D eigenvalue weighted by molar-refractivity contribution is 7.25. The molecule has 0 spiro atoms. The molecule has 0 saturated carbocycles. The molecule has 0 N–H and O–H groups in total. The predicted molar refractivity (Wildman–Crippen MR) is 178 cm³/mol. The van der Waals surface area contributed by atoms with Gasteiger partial charge >= 0.3 is 0 Å². The number of hydrogen-bond donors (Lipinski definition) is 0. The summed E-state index contributed by atoms with van der Waals surface area (Å²) >= 11 is 1.79. The van der Waals surface area contributed by atoms with Gasteiger partial charge in [0.25, 0.3) is 0 Å².